The van der Waals surface area contributed by atoms with E-state index in [1.54, 1.807) is 30.3 Å². The molecule has 0 aromatic heterocycles. The second-order valence-corrected chi connectivity index (χ2v) is 6.67. The van der Waals surface area contributed by atoms with Crippen LogP contribution in [0.15, 0.2) is 65.6 Å². The first-order valence-electron chi connectivity index (χ1n) is 8.36. The van der Waals surface area contributed by atoms with Crippen LogP contribution in [-0.2, 0) is 26.5 Å². The molecule has 2 aromatic rings. The molecule has 7 heteroatoms. The molecule has 2 rings (SSSR count). The Balaban J connectivity index is 2.05. The van der Waals surface area contributed by atoms with Crippen molar-refractivity contribution in [2.45, 2.75) is 24.7 Å². The minimum atomic E-state index is -1.93. The van der Waals surface area contributed by atoms with Gasteiger partial charge in [-0.2, -0.15) is 0 Å². The molecule has 0 aliphatic carbocycles. The molecular formula is C19H21N3O3S. The monoisotopic (exact) mass is 371 g/mol. The Labute approximate surface area is 155 Å². The van der Waals surface area contributed by atoms with Crippen molar-refractivity contribution in [1.82, 2.24) is 4.90 Å². The summed E-state index contributed by atoms with van der Waals surface area (Å²) in [5, 5.41) is 0. The van der Waals surface area contributed by atoms with Gasteiger partial charge in [0.1, 0.15) is 0 Å². The molecule has 0 spiro atoms. The van der Waals surface area contributed by atoms with E-state index in [1.807, 2.05) is 37.3 Å². The molecule has 0 N–H and O–H groups in total. The molecule has 0 fully saturated rings. The summed E-state index contributed by atoms with van der Waals surface area (Å²) in [4.78, 5) is 17.5. The molecule has 0 saturated heterocycles. The van der Waals surface area contributed by atoms with Crippen molar-refractivity contribution in [2.75, 3.05) is 13.1 Å². The molecule has 0 radical (unpaired) electrons. The van der Waals surface area contributed by atoms with E-state index in [0.29, 0.717) is 24.4 Å². The summed E-state index contributed by atoms with van der Waals surface area (Å²) in [6.07, 6.45) is 1.40. The molecule has 26 heavy (non-hydrogen) atoms. The molecule has 2 aromatic carbocycles. The van der Waals surface area contributed by atoms with Crippen molar-refractivity contribution >= 4 is 22.9 Å². The van der Waals surface area contributed by atoms with Crippen LogP contribution >= 0.6 is 0 Å². The predicted octanol–water partition coefficient (Wildman–Crippen LogP) is 2.84. The van der Waals surface area contributed by atoms with Crippen LogP contribution in [0.2, 0.25) is 0 Å². The van der Waals surface area contributed by atoms with Gasteiger partial charge in [-0.3, -0.25) is 4.79 Å². The molecule has 0 heterocycles. The molecule has 0 aliphatic heterocycles. The SMILES string of the molecule is CCCN(CCc1ccccc1)C(=O)C(=[N+]=[N-])OS(=O)c1ccccc1. The van der Waals surface area contributed by atoms with E-state index < -0.39 is 22.9 Å². The maximum Gasteiger partial charge on any atom is 0.555 e. The van der Waals surface area contributed by atoms with Gasteiger partial charge in [-0.25, -0.2) is 4.21 Å². The average Bonchev–Trinajstić information content (AvgIpc) is 2.70. The van der Waals surface area contributed by atoms with Crippen molar-refractivity contribution in [2.24, 2.45) is 0 Å². The van der Waals surface area contributed by atoms with Crippen molar-refractivity contribution in [1.29, 1.82) is 0 Å². The summed E-state index contributed by atoms with van der Waals surface area (Å²) in [7, 11) is 0. The highest BCUT2D eigenvalue weighted by molar-refractivity contribution is 7.80. The lowest BCUT2D eigenvalue weighted by molar-refractivity contribution is -0.131. The van der Waals surface area contributed by atoms with Gasteiger partial charge in [-0.05, 0) is 30.5 Å². The molecule has 1 unspecified atom stereocenters. The third kappa shape index (κ3) is 5.65. The van der Waals surface area contributed by atoms with Gasteiger partial charge >= 0.3 is 11.8 Å². The Morgan fingerprint density at radius 1 is 1.08 bits per heavy atom. The zero-order valence-corrected chi connectivity index (χ0v) is 15.4. The average molecular weight is 371 g/mol. The van der Waals surface area contributed by atoms with Gasteiger partial charge in [0.2, 0.25) is 11.1 Å². The summed E-state index contributed by atoms with van der Waals surface area (Å²) in [5.41, 5.74) is 10.3. The van der Waals surface area contributed by atoms with E-state index in [0.717, 1.165) is 12.0 Å². The fourth-order valence-corrected chi connectivity index (χ4v) is 3.10. The zero-order valence-electron chi connectivity index (χ0n) is 14.6. The lowest BCUT2D eigenvalue weighted by Crippen LogP contribution is -2.40. The molecule has 1 amide bonds. The Kier molecular flexibility index (Phi) is 7.74. The topological polar surface area (TPSA) is 83.0 Å². The predicted molar refractivity (Wildman–Crippen MR) is 99.6 cm³/mol. The van der Waals surface area contributed by atoms with E-state index >= 15 is 0 Å². The first kappa shape index (κ1) is 19.6. The standard InChI is InChI=1S/C19H21N3O3S/c1-2-14-22(15-13-16-9-5-3-6-10-16)19(23)18(21-20)25-26(24)17-11-7-4-8-12-17/h3-12H,2,13-15H2,1H3. The zero-order chi connectivity index (χ0) is 18.8. The van der Waals surface area contributed by atoms with Gasteiger partial charge in [0.15, 0.2) is 0 Å². The highest BCUT2D eigenvalue weighted by Gasteiger charge is 2.31. The number of hydrogen-bond acceptors (Lipinski definition) is 3. The van der Waals surface area contributed by atoms with Crippen LogP contribution in [0, 0.1) is 0 Å². The lowest BCUT2D eigenvalue weighted by atomic mass is 10.1. The Morgan fingerprint density at radius 3 is 2.27 bits per heavy atom. The molecule has 1 atom stereocenters. The minimum Gasteiger partial charge on any atom is -0.357 e. The van der Waals surface area contributed by atoms with Crippen LogP contribution in [0.1, 0.15) is 18.9 Å². The number of benzene rings is 2. The van der Waals surface area contributed by atoms with Gasteiger partial charge in [-0.15, -0.1) is 4.79 Å². The number of carbonyl (C=O) groups excluding carboxylic acids is 1. The maximum absolute atomic E-state index is 12.6. The number of amides is 1. The summed E-state index contributed by atoms with van der Waals surface area (Å²) < 4.78 is 17.3. The second kappa shape index (κ2) is 10.3. The van der Waals surface area contributed by atoms with Crippen LogP contribution in [0.25, 0.3) is 5.53 Å². The quantitative estimate of drug-likeness (QED) is 0.325. The van der Waals surface area contributed by atoms with Gasteiger partial charge in [0.25, 0.3) is 0 Å². The highest BCUT2D eigenvalue weighted by Crippen LogP contribution is 2.09. The van der Waals surface area contributed by atoms with Crippen molar-refractivity contribution in [3.8, 4) is 0 Å². The Hall–Kier alpha value is -2.76. The number of hydrogen-bond donors (Lipinski definition) is 0. The van der Waals surface area contributed by atoms with Gasteiger partial charge in [0.05, 0.1) is 4.90 Å². The number of nitrogens with zero attached hydrogens (tertiary/aromatic N) is 3. The number of carbonyl (C=O) groups is 1. The fraction of sp³-hybridized carbons (Fsp3) is 0.263. The minimum absolute atomic E-state index is 0.382. The van der Waals surface area contributed by atoms with Crippen LogP contribution in [0.3, 0.4) is 0 Å². The Bertz CT molecular complexity index is 790. The van der Waals surface area contributed by atoms with Crippen LogP contribution < -0.4 is 0 Å². The molecule has 0 bridgehead atoms. The summed E-state index contributed by atoms with van der Waals surface area (Å²) >= 11 is -1.93. The highest BCUT2D eigenvalue weighted by atomic mass is 32.2. The summed E-state index contributed by atoms with van der Waals surface area (Å²) in [6, 6.07) is 18.2. The largest absolute Gasteiger partial charge is 0.555 e. The third-order valence-electron chi connectivity index (χ3n) is 3.66. The lowest BCUT2D eigenvalue weighted by Gasteiger charge is -2.19. The van der Waals surface area contributed by atoms with E-state index in [4.69, 9.17) is 4.18 Å². The van der Waals surface area contributed by atoms with Crippen LogP contribution in [-0.4, -0.2) is 38.8 Å². The Morgan fingerprint density at radius 2 is 1.69 bits per heavy atom. The van der Waals surface area contributed by atoms with Gasteiger partial charge < -0.3 is 14.6 Å². The fourth-order valence-electron chi connectivity index (χ4n) is 2.38. The molecule has 136 valence electrons. The normalized spacial score (nSPS) is 11.3. The molecule has 0 aliphatic rings. The van der Waals surface area contributed by atoms with E-state index in [1.165, 1.54) is 4.90 Å². The van der Waals surface area contributed by atoms with E-state index in [-0.39, 0.29) is 0 Å². The molecular weight excluding hydrogens is 350 g/mol. The molecule has 6 nitrogen and oxygen atoms in total. The first-order valence-corrected chi connectivity index (χ1v) is 9.43. The van der Waals surface area contributed by atoms with Crippen LogP contribution in [0.5, 0.6) is 0 Å². The van der Waals surface area contributed by atoms with E-state index in [2.05, 4.69) is 4.79 Å². The maximum atomic E-state index is 12.6. The van der Waals surface area contributed by atoms with Gasteiger partial charge in [0, 0.05) is 13.1 Å². The smallest absolute Gasteiger partial charge is 0.357 e. The van der Waals surface area contributed by atoms with Crippen LogP contribution in [0.4, 0.5) is 0 Å². The molecule has 0 saturated carbocycles. The number of rotatable bonds is 7. The van der Waals surface area contributed by atoms with E-state index in [9.17, 15) is 14.5 Å². The third-order valence-corrected chi connectivity index (χ3v) is 4.62. The van der Waals surface area contributed by atoms with Crippen molar-refractivity contribution in [3.63, 3.8) is 0 Å². The first-order chi connectivity index (χ1) is 12.7. The summed E-state index contributed by atoms with van der Waals surface area (Å²) in [6.45, 7) is 2.87. The van der Waals surface area contributed by atoms with Gasteiger partial charge in [-0.1, -0.05) is 55.5 Å². The van der Waals surface area contributed by atoms with Crippen molar-refractivity contribution < 1.29 is 18.0 Å². The van der Waals surface area contributed by atoms with Crippen molar-refractivity contribution in [3.05, 3.63) is 71.8 Å². The second-order valence-electron chi connectivity index (χ2n) is 5.56. The summed E-state index contributed by atoms with van der Waals surface area (Å²) in [5.74, 6) is -1.16.